The van der Waals surface area contributed by atoms with Gasteiger partial charge in [-0.3, -0.25) is 4.79 Å². The summed E-state index contributed by atoms with van der Waals surface area (Å²) in [5.74, 6) is -1.02. The molecule has 1 fully saturated rings. The molecule has 98 valence electrons. The molecule has 0 saturated heterocycles. The molecule has 2 amide bonds. The number of amides is 2. The van der Waals surface area contributed by atoms with Crippen molar-refractivity contribution in [1.82, 2.24) is 10.2 Å². The second-order valence-electron chi connectivity index (χ2n) is 4.50. The minimum Gasteiger partial charge on any atom is -0.480 e. The molecule has 6 heteroatoms. The number of carbonyl (C=O) groups excluding carboxylic acids is 1. The maximum Gasteiger partial charge on any atom is 0.325 e. The van der Waals surface area contributed by atoms with Crippen LogP contribution >= 0.6 is 11.3 Å². The maximum atomic E-state index is 12.0. The Hall–Kier alpha value is -1.56. The predicted octanol–water partition coefficient (Wildman–Crippen LogP) is 1.90. The third-order valence-corrected chi connectivity index (χ3v) is 3.62. The molecule has 2 rings (SSSR count). The van der Waals surface area contributed by atoms with Gasteiger partial charge >= 0.3 is 12.0 Å². The number of carbonyl (C=O) groups is 2. The van der Waals surface area contributed by atoms with Gasteiger partial charge in [0.2, 0.25) is 0 Å². The van der Waals surface area contributed by atoms with E-state index in [0.29, 0.717) is 6.54 Å². The summed E-state index contributed by atoms with van der Waals surface area (Å²) in [4.78, 5) is 24.5. The van der Waals surface area contributed by atoms with Gasteiger partial charge in [0, 0.05) is 12.6 Å². The normalized spacial score (nSPS) is 16.1. The summed E-state index contributed by atoms with van der Waals surface area (Å²) in [5.41, 5.74) is 1.09. The first-order valence-corrected chi connectivity index (χ1v) is 6.83. The van der Waals surface area contributed by atoms with E-state index >= 15 is 0 Å². The third kappa shape index (κ3) is 3.22. The van der Waals surface area contributed by atoms with Crippen molar-refractivity contribution in [3.05, 3.63) is 22.4 Å². The Labute approximate surface area is 109 Å². The quantitative estimate of drug-likeness (QED) is 0.857. The number of hydrogen-bond acceptors (Lipinski definition) is 3. The predicted molar refractivity (Wildman–Crippen MR) is 68.5 cm³/mol. The van der Waals surface area contributed by atoms with E-state index in [2.05, 4.69) is 5.32 Å². The zero-order valence-corrected chi connectivity index (χ0v) is 10.9. The SMILES string of the molecule is C[C@H](NC(=O)N(Cc1ccsc1)C1CC1)C(=O)O. The van der Waals surface area contributed by atoms with Crippen molar-refractivity contribution in [2.75, 3.05) is 0 Å². The van der Waals surface area contributed by atoms with E-state index in [1.807, 2.05) is 16.8 Å². The minimum atomic E-state index is -1.02. The molecule has 1 aromatic heterocycles. The first kappa shape index (κ1) is 12.9. The standard InChI is InChI=1S/C12H16N2O3S/c1-8(11(15)16)13-12(17)14(10-2-3-10)6-9-4-5-18-7-9/h4-5,7-8,10H,2-3,6H2,1H3,(H,13,17)(H,15,16)/t8-/m0/s1. The Kier molecular flexibility index (Phi) is 3.86. The lowest BCUT2D eigenvalue weighted by atomic mass is 10.3. The molecule has 18 heavy (non-hydrogen) atoms. The summed E-state index contributed by atoms with van der Waals surface area (Å²) < 4.78 is 0. The summed E-state index contributed by atoms with van der Waals surface area (Å²) in [7, 11) is 0. The molecular weight excluding hydrogens is 252 g/mol. The second kappa shape index (κ2) is 5.39. The number of aliphatic carboxylic acids is 1. The van der Waals surface area contributed by atoms with E-state index in [9.17, 15) is 9.59 Å². The number of nitrogens with zero attached hydrogens (tertiary/aromatic N) is 1. The van der Waals surface area contributed by atoms with Gasteiger partial charge in [-0.15, -0.1) is 0 Å². The molecular formula is C12H16N2O3S. The monoisotopic (exact) mass is 268 g/mol. The molecule has 1 saturated carbocycles. The van der Waals surface area contributed by atoms with E-state index in [1.165, 1.54) is 6.92 Å². The van der Waals surface area contributed by atoms with Gasteiger partial charge in [-0.05, 0) is 42.2 Å². The number of urea groups is 1. The van der Waals surface area contributed by atoms with Gasteiger partial charge in [0.25, 0.3) is 0 Å². The third-order valence-electron chi connectivity index (χ3n) is 2.89. The smallest absolute Gasteiger partial charge is 0.325 e. The van der Waals surface area contributed by atoms with E-state index in [1.54, 1.807) is 16.2 Å². The fourth-order valence-electron chi connectivity index (χ4n) is 1.66. The summed E-state index contributed by atoms with van der Waals surface area (Å²) in [6, 6.07) is 1.08. The number of rotatable bonds is 5. The van der Waals surface area contributed by atoms with Crippen LogP contribution in [-0.4, -0.2) is 34.1 Å². The molecule has 1 aromatic rings. The van der Waals surface area contributed by atoms with E-state index in [0.717, 1.165) is 18.4 Å². The van der Waals surface area contributed by atoms with Gasteiger partial charge in [0.15, 0.2) is 0 Å². The van der Waals surface area contributed by atoms with Crippen molar-refractivity contribution in [3.63, 3.8) is 0 Å². The van der Waals surface area contributed by atoms with Crippen LogP contribution in [-0.2, 0) is 11.3 Å². The largest absolute Gasteiger partial charge is 0.480 e. The van der Waals surface area contributed by atoms with Gasteiger partial charge in [-0.1, -0.05) is 0 Å². The molecule has 0 bridgehead atoms. The van der Waals surface area contributed by atoms with Gasteiger partial charge < -0.3 is 15.3 Å². The van der Waals surface area contributed by atoms with Crippen molar-refractivity contribution in [2.24, 2.45) is 0 Å². The Morgan fingerprint density at radius 2 is 2.33 bits per heavy atom. The van der Waals surface area contributed by atoms with Crippen LogP contribution in [0, 0.1) is 0 Å². The fraction of sp³-hybridized carbons (Fsp3) is 0.500. The van der Waals surface area contributed by atoms with Crippen LogP contribution in [0.3, 0.4) is 0 Å². The van der Waals surface area contributed by atoms with Gasteiger partial charge in [0.1, 0.15) is 6.04 Å². The number of hydrogen-bond donors (Lipinski definition) is 2. The summed E-state index contributed by atoms with van der Waals surface area (Å²) >= 11 is 1.59. The van der Waals surface area contributed by atoms with E-state index in [4.69, 9.17) is 5.11 Å². The Balaban J connectivity index is 1.97. The number of carboxylic acids is 1. The van der Waals surface area contributed by atoms with Crippen molar-refractivity contribution >= 4 is 23.3 Å². The Morgan fingerprint density at radius 1 is 1.61 bits per heavy atom. The highest BCUT2D eigenvalue weighted by Gasteiger charge is 2.33. The molecule has 1 aliphatic carbocycles. The lowest BCUT2D eigenvalue weighted by molar-refractivity contribution is -0.138. The summed E-state index contributed by atoms with van der Waals surface area (Å²) in [6.45, 7) is 2.02. The van der Waals surface area contributed by atoms with Gasteiger partial charge in [-0.25, -0.2) is 4.79 Å². The van der Waals surface area contributed by atoms with Gasteiger partial charge in [-0.2, -0.15) is 11.3 Å². The van der Waals surface area contributed by atoms with Crippen molar-refractivity contribution in [3.8, 4) is 0 Å². The zero-order chi connectivity index (χ0) is 13.1. The molecule has 0 radical (unpaired) electrons. The summed E-state index contributed by atoms with van der Waals surface area (Å²) in [5, 5.41) is 15.3. The number of nitrogens with one attached hydrogen (secondary N) is 1. The maximum absolute atomic E-state index is 12.0. The fourth-order valence-corrected chi connectivity index (χ4v) is 2.32. The molecule has 1 heterocycles. The van der Waals surface area contributed by atoms with Crippen LogP contribution in [0.25, 0.3) is 0 Å². The highest BCUT2D eigenvalue weighted by molar-refractivity contribution is 7.07. The molecule has 0 aromatic carbocycles. The first-order valence-electron chi connectivity index (χ1n) is 5.89. The number of thiophene rings is 1. The van der Waals surface area contributed by atoms with E-state index < -0.39 is 12.0 Å². The van der Waals surface area contributed by atoms with Crippen LogP contribution in [0.2, 0.25) is 0 Å². The topological polar surface area (TPSA) is 69.6 Å². The van der Waals surface area contributed by atoms with Crippen LogP contribution in [0.15, 0.2) is 16.8 Å². The second-order valence-corrected chi connectivity index (χ2v) is 5.28. The molecule has 2 N–H and O–H groups in total. The first-order chi connectivity index (χ1) is 8.58. The van der Waals surface area contributed by atoms with Crippen molar-refractivity contribution < 1.29 is 14.7 Å². The van der Waals surface area contributed by atoms with E-state index in [-0.39, 0.29) is 12.1 Å². The van der Waals surface area contributed by atoms with Crippen LogP contribution in [0.4, 0.5) is 4.79 Å². The lowest BCUT2D eigenvalue weighted by Crippen LogP contribution is -2.47. The molecule has 1 atom stereocenters. The van der Waals surface area contributed by atoms with Gasteiger partial charge in [0.05, 0.1) is 0 Å². The highest BCUT2D eigenvalue weighted by atomic mass is 32.1. The Morgan fingerprint density at radius 3 is 2.83 bits per heavy atom. The number of carboxylic acid groups (broad SMARTS) is 1. The molecule has 0 aliphatic heterocycles. The zero-order valence-electron chi connectivity index (χ0n) is 10.1. The molecule has 5 nitrogen and oxygen atoms in total. The Bertz CT molecular complexity index is 429. The highest BCUT2D eigenvalue weighted by Crippen LogP contribution is 2.28. The summed E-state index contributed by atoms with van der Waals surface area (Å²) in [6.07, 6.45) is 2.00. The average Bonchev–Trinajstić information content (AvgIpc) is 3.03. The van der Waals surface area contributed by atoms with Crippen molar-refractivity contribution in [1.29, 1.82) is 0 Å². The molecule has 0 spiro atoms. The van der Waals surface area contributed by atoms with Crippen molar-refractivity contribution in [2.45, 2.75) is 38.4 Å². The average molecular weight is 268 g/mol. The molecule has 0 unspecified atom stereocenters. The van der Waals surface area contributed by atoms with Crippen LogP contribution in [0.1, 0.15) is 25.3 Å². The van der Waals surface area contributed by atoms with Crippen LogP contribution < -0.4 is 5.32 Å². The lowest BCUT2D eigenvalue weighted by Gasteiger charge is -2.23. The molecule has 1 aliphatic rings. The minimum absolute atomic E-state index is 0.255. The van der Waals surface area contributed by atoms with Crippen LogP contribution in [0.5, 0.6) is 0 Å².